The van der Waals surface area contributed by atoms with Crippen LogP contribution in [0.5, 0.6) is 5.75 Å². The highest BCUT2D eigenvalue weighted by atomic mass is 16.3. The van der Waals surface area contributed by atoms with Crippen LogP contribution in [0.25, 0.3) is 0 Å². The second kappa shape index (κ2) is 5.52. The lowest BCUT2D eigenvalue weighted by Gasteiger charge is -2.24. The Morgan fingerprint density at radius 3 is 2.82 bits per heavy atom. The average molecular weight is 234 g/mol. The first-order chi connectivity index (χ1) is 8.16. The number of nitrogens with zero attached hydrogens (tertiary/aromatic N) is 1. The van der Waals surface area contributed by atoms with Gasteiger partial charge in [0.2, 0.25) is 0 Å². The van der Waals surface area contributed by atoms with Crippen LogP contribution in [0.3, 0.4) is 0 Å². The monoisotopic (exact) mass is 234 g/mol. The van der Waals surface area contributed by atoms with Crippen molar-refractivity contribution >= 4 is 0 Å². The first kappa shape index (κ1) is 12.4. The van der Waals surface area contributed by atoms with Crippen molar-refractivity contribution in [3.05, 3.63) is 29.3 Å². The minimum atomic E-state index is 0.401. The van der Waals surface area contributed by atoms with Gasteiger partial charge in [0, 0.05) is 18.2 Å². The summed E-state index contributed by atoms with van der Waals surface area (Å²) in [6.07, 6.45) is 3.77. The zero-order valence-corrected chi connectivity index (χ0v) is 10.7. The van der Waals surface area contributed by atoms with Crippen LogP contribution < -0.4 is 5.32 Å². The van der Waals surface area contributed by atoms with Crippen molar-refractivity contribution in [2.24, 2.45) is 0 Å². The molecular weight excluding hydrogens is 212 g/mol. The summed E-state index contributed by atoms with van der Waals surface area (Å²) in [4.78, 5) is 2.08. The molecule has 94 valence electrons. The number of phenolic OH excluding ortho intramolecular Hbond substituents is 1. The second-order valence-electron chi connectivity index (χ2n) is 5.13. The summed E-state index contributed by atoms with van der Waals surface area (Å²) in [5.41, 5.74) is 2.32. The molecule has 0 aromatic heterocycles. The zero-order chi connectivity index (χ0) is 12.3. The Balaban J connectivity index is 2.17. The second-order valence-corrected chi connectivity index (χ2v) is 5.13. The molecular formula is C14H22N2O. The molecule has 1 aromatic rings. The third-order valence-corrected chi connectivity index (χ3v) is 3.30. The van der Waals surface area contributed by atoms with Gasteiger partial charge in [-0.1, -0.05) is 12.5 Å². The molecule has 3 nitrogen and oxygen atoms in total. The van der Waals surface area contributed by atoms with Gasteiger partial charge in [0.05, 0.1) is 0 Å². The van der Waals surface area contributed by atoms with Crippen molar-refractivity contribution in [2.45, 2.75) is 31.8 Å². The Bertz CT molecular complexity index is 370. The van der Waals surface area contributed by atoms with Crippen LogP contribution in [0.1, 0.15) is 36.4 Å². The molecule has 1 saturated heterocycles. The highest BCUT2D eigenvalue weighted by Gasteiger charge is 2.15. The predicted octanol–water partition coefficient (Wildman–Crippen LogP) is 2.27. The van der Waals surface area contributed by atoms with Gasteiger partial charge in [-0.05, 0) is 51.2 Å². The SMILES string of the molecule is CN(C)Cc1cc(C2CCCCN2)ccc1O. The number of nitrogens with one attached hydrogen (secondary N) is 1. The van der Waals surface area contributed by atoms with E-state index in [4.69, 9.17) is 0 Å². The smallest absolute Gasteiger partial charge is 0.120 e. The third kappa shape index (κ3) is 3.20. The average Bonchev–Trinajstić information content (AvgIpc) is 2.32. The molecule has 3 heteroatoms. The van der Waals surface area contributed by atoms with Gasteiger partial charge in [0.1, 0.15) is 5.75 Å². The van der Waals surface area contributed by atoms with Gasteiger partial charge in [0.15, 0.2) is 0 Å². The number of benzene rings is 1. The Morgan fingerprint density at radius 1 is 1.35 bits per heavy atom. The Labute approximate surface area is 103 Å². The minimum absolute atomic E-state index is 0.401. The van der Waals surface area contributed by atoms with Gasteiger partial charge in [-0.15, -0.1) is 0 Å². The molecule has 1 atom stereocenters. The lowest BCUT2D eigenvalue weighted by Crippen LogP contribution is -2.26. The third-order valence-electron chi connectivity index (χ3n) is 3.30. The molecule has 0 radical (unpaired) electrons. The standard InChI is InChI=1S/C14H22N2O/c1-16(2)10-12-9-11(6-7-14(12)17)13-5-3-4-8-15-13/h6-7,9,13,15,17H,3-5,8,10H2,1-2H3. The first-order valence-corrected chi connectivity index (χ1v) is 6.37. The van der Waals surface area contributed by atoms with Crippen LogP contribution in [-0.2, 0) is 6.54 Å². The largest absolute Gasteiger partial charge is 0.508 e. The maximum atomic E-state index is 9.84. The molecule has 1 aliphatic heterocycles. The van der Waals surface area contributed by atoms with Crippen molar-refractivity contribution in [2.75, 3.05) is 20.6 Å². The topological polar surface area (TPSA) is 35.5 Å². The maximum absolute atomic E-state index is 9.84. The molecule has 2 N–H and O–H groups in total. The van der Waals surface area contributed by atoms with Gasteiger partial charge in [-0.2, -0.15) is 0 Å². The number of phenols is 1. The van der Waals surface area contributed by atoms with Crippen LogP contribution in [0, 0.1) is 0 Å². The molecule has 1 unspecified atom stereocenters. The molecule has 0 saturated carbocycles. The Kier molecular flexibility index (Phi) is 4.02. The summed E-state index contributed by atoms with van der Waals surface area (Å²) in [5.74, 6) is 0.401. The summed E-state index contributed by atoms with van der Waals surface area (Å²) < 4.78 is 0. The summed E-state index contributed by atoms with van der Waals surface area (Å²) in [6.45, 7) is 1.89. The molecule has 0 amide bonds. The molecule has 0 bridgehead atoms. The summed E-state index contributed by atoms with van der Waals surface area (Å²) in [5, 5.41) is 13.4. The van der Waals surface area contributed by atoms with E-state index in [9.17, 15) is 5.11 Å². The highest BCUT2D eigenvalue weighted by Crippen LogP contribution is 2.27. The van der Waals surface area contributed by atoms with Gasteiger partial charge in [-0.3, -0.25) is 0 Å². The van der Waals surface area contributed by atoms with Crippen molar-refractivity contribution < 1.29 is 5.11 Å². The Morgan fingerprint density at radius 2 is 2.18 bits per heavy atom. The van der Waals surface area contributed by atoms with Crippen LogP contribution in [-0.4, -0.2) is 30.6 Å². The van der Waals surface area contributed by atoms with E-state index in [0.717, 1.165) is 18.7 Å². The van der Waals surface area contributed by atoms with Crippen molar-refractivity contribution in [3.8, 4) is 5.75 Å². The highest BCUT2D eigenvalue weighted by molar-refractivity contribution is 5.37. The number of hydrogen-bond acceptors (Lipinski definition) is 3. The van der Waals surface area contributed by atoms with E-state index >= 15 is 0 Å². The molecule has 1 aliphatic rings. The van der Waals surface area contributed by atoms with E-state index in [1.165, 1.54) is 24.8 Å². The van der Waals surface area contributed by atoms with Crippen molar-refractivity contribution in [1.29, 1.82) is 0 Å². The number of piperidine rings is 1. The first-order valence-electron chi connectivity index (χ1n) is 6.37. The van der Waals surface area contributed by atoms with Gasteiger partial charge >= 0.3 is 0 Å². The molecule has 1 heterocycles. The van der Waals surface area contributed by atoms with Gasteiger partial charge < -0.3 is 15.3 Å². The predicted molar refractivity (Wildman–Crippen MR) is 70.1 cm³/mol. The minimum Gasteiger partial charge on any atom is -0.508 e. The quantitative estimate of drug-likeness (QED) is 0.842. The van der Waals surface area contributed by atoms with Gasteiger partial charge in [0.25, 0.3) is 0 Å². The lowest BCUT2D eigenvalue weighted by molar-refractivity contribution is 0.382. The summed E-state index contributed by atoms with van der Waals surface area (Å²) in [7, 11) is 4.04. The lowest BCUT2D eigenvalue weighted by atomic mass is 9.96. The fourth-order valence-corrected chi connectivity index (χ4v) is 2.43. The van der Waals surface area contributed by atoms with Crippen LogP contribution in [0.15, 0.2) is 18.2 Å². The fraction of sp³-hybridized carbons (Fsp3) is 0.571. The molecule has 1 fully saturated rings. The number of hydrogen-bond donors (Lipinski definition) is 2. The van der Waals surface area contributed by atoms with E-state index < -0.39 is 0 Å². The van der Waals surface area contributed by atoms with Crippen molar-refractivity contribution in [3.63, 3.8) is 0 Å². The fourth-order valence-electron chi connectivity index (χ4n) is 2.43. The molecule has 0 spiro atoms. The maximum Gasteiger partial charge on any atom is 0.120 e. The number of rotatable bonds is 3. The van der Waals surface area contributed by atoms with Crippen LogP contribution in [0.4, 0.5) is 0 Å². The summed E-state index contributed by atoms with van der Waals surface area (Å²) >= 11 is 0. The van der Waals surface area contributed by atoms with E-state index in [1.54, 1.807) is 0 Å². The van der Waals surface area contributed by atoms with E-state index in [-0.39, 0.29) is 0 Å². The zero-order valence-electron chi connectivity index (χ0n) is 10.7. The van der Waals surface area contributed by atoms with Gasteiger partial charge in [-0.25, -0.2) is 0 Å². The molecule has 0 aliphatic carbocycles. The molecule has 1 aromatic carbocycles. The molecule has 17 heavy (non-hydrogen) atoms. The van der Waals surface area contributed by atoms with Crippen molar-refractivity contribution in [1.82, 2.24) is 10.2 Å². The van der Waals surface area contributed by atoms with E-state index in [2.05, 4.69) is 16.3 Å². The molecule has 2 rings (SSSR count). The van der Waals surface area contributed by atoms with Crippen LogP contribution in [0.2, 0.25) is 0 Å². The normalized spacial score (nSPS) is 20.8. The summed E-state index contributed by atoms with van der Waals surface area (Å²) in [6, 6.07) is 6.46. The van der Waals surface area contributed by atoms with Crippen LogP contribution >= 0.6 is 0 Å². The van der Waals surface area contributed by atoms with E-state index in [1.807, 2.05) is 26.2 Å². The Hall–Kier alpha value is -1.06. The number of aromatic hydroxyl groups is 1. The van der Waals surface area contributed by atoms with E-state index in [0.29, 0.717) is 11.8 Å².